The molecule has 3 nitrogen and oxygen atoms in total. The van der Waals surface area contributed by atoms with Crippen LogP contribution in [0.5, 0.6) is 0 Å². The van der Waals surface area contributed by atoms with E-state index in [2.05, 4.69) is 21.3 Å². The maximum absolute atomic E-state index is 5.32. The Bertz CT molecular complexity index is 758. The Hall–Kier alpha value is -2.86. The largest absolute Gasteiger partial charge is 0.299 e. The van der Waals surface area contributed by atoms with E-state index in [9.17, 15) is 0 Å². The van der Waals surface area contributed by atoms with E-state index in [1.165, 1.54) is 0 Å². The van der Waals surface area contributed by atoms with Gasteiger partial charge in [0.05, 0.1) is 5.52 Å². The Labute approximate surface area is 111 Å². The molecular weight excluding hydrogens is 234 g/mol. The van der Waals surface area contributed by atoms with Gasteiger partial charge in [-0.05, 0) is 12.1 Å². The van der Waals surface area contributed by atoms with Crippen LogP contribution in [0.4, 0.5) is 5.82 Å². The van der Waals surface area contributed by atoms with Crippen LogP contribution >= 0.6 is 0 Å². The van der Waals surface area contributed by atoms with Gasteiger partial charge in [-0.2, -0.15) is 0 Å². The summed E-state index contributed by atoms with van der Waals surface area (Å²) in [5.74, 6) is 1.32. The van der Waals surface area contributed by atoms with E-state index in [0.717, 1.165) is 16.5 Å². The lowest BCUT2D eigenvalue weighted by atomic mass is 10.2. The van der Waals surface area contributed by atoms with E-state index in [0.29, 0.717) is 11.6 Å². The lowest BCUT2D eigenvalue weighted by Crippen LogP contribution is -1.98. The first-order valence-electron chi connectivity index (χ1n) is 5.92. The second-order valence-electron chi connectivity index (χ2n) is 4.05. The minimum Gasteiger partial charge on any atom is -0.299 e. The summed E-state index contributed by atoms with van der Waals surface area (Å²) in [5.41, 5.74) is 1.84. The third-order valence-electron chi connectivity index (χ3n) is 2.83. The minimum absolute atomic E-state index is 0.659. The molecule has 1 aromatic heterocycles. The SMILES string of the molecule is C#CNc1nc(-c2ccccc2)nc2ccccc12. The highest BCUT2D eigenvalue weighted by atomic mass is 15.0. The summed E-state index contributed by atoms with van der Waals surface area (Å²) in [5, 5.41) is 3.75. The molecule has 0 bridgehead atoms. The minimum atomic E-state index is 0.659. The van der Waals surface area contributed by atoms with Crippen molar-refractivity contribution in [3.8, 4) is 23.9 Å². The average Bonchev–Trinajstić information content (AvgIpc) is 2.48. The predicted octanol–water partition coefficient (Wildman–Crippen LogP) is 3.30. The molecule has 0 spiro atoms. The summed E-state index contributed by atoms with van der Waals surface area (Å²) in [6.45, 7) is 0. The van der Waals surface area contributed by atoms with Gasteiger partial charge in [0.2, 0.25) is 0 Å². The summed E-state index contributed by atoms with van der Waals surface area (Å²) < 4.78 is 0. The van der Waals surface area contributed by atoms with Crippen molar-refractivity contribution < 1.29 is 0 Å². The fourth-order valence-corrected chi connectivity index (χ4v) is 1.96. The summed E-state index contributed by atoms with van der Waals surface area (Å²) in [6, 6.07) is 20.0. The molecule has 1 heterocycles. The maximum atomic E-state index is 5.32. The number of aromatic nitrogens is 2. The van der Waals surface area contributed by atoms with Gasteiger partial charge in [0, 0.05) is 17.0 Å². The molecular formula is C16H11N3. The van der Waals surface area contributed by atoms with Crippen molar-refractivity contribution in [3.63, 3.8) is 0 Å². The van der Waals surface area contributed by atoms with Gasteiger partial charge in [0.25, 0.3) is 0 Å². The van der Waals surface area contributed by atoms with Crippen LogP contribution in [0.2, 0.25) is 0 Å². The molecule has 90 valence electrons. The Morgan fingerprint density at radius 3 is 2.42 bits per heavy atom. The zero-order chi connectivity index (χ0) is 13.1. The molecule has 2 aromatic carbocycles. The molecule has 0 radical (unpaired) electrons. The van der Waals surface area contributed by atoms with Crippen LogP contribution in [0, 0.1) is 12.5 Å². The fourth-order valence-electron chi connectivity index (χ4n) is 1.96. The second kappa shape index (κ2) is 4.79. The third-order valence-corrected chi connectivity index (χ3v) is 2.83. The highest BCUT2D eigenvalue weighted by Gasteiger charge is 2.07. The lowest BCUT2D eigenvalue weighted by molar-refractivity contribution is 1.23. The van der Waals surface area contributed by atoms with Gasteiger partial charge in [-0.3, -0.25) is 5.32 Å². The van der Waals surface area contributed by atoms with Crippen molar-refractivity contribution in [3.05, 3.63) is 54.6 Å². The number of hydrogen-bond acceptors (Lipinski definition) is 3. The van der Waals surface area contributed by atoms with Gasteiger partial charge in [-0.1, -0.05) is 48.9 Å². The number of benzene rings is 2. The van der Waals surface area contributed by atoms with Crippen LogP contribution in [0.15, 0.2) is 54.6 Å². The molecule has 0 saturated carbocycles. The van der Waals surface area contributed by atoms with E-state index in [1.807, 2.05) is 54.6 Å². The van der Waals surface area contributed by atoms with Crippen molar-refractivity contribution in [1.29, 1.82) is 0 Å². The third kappa shape index (κ3) is 2.12. The second-order valence-corrected chi connectivity index (χ2v) is 4.05. The van der Waals surface area contributed by atoms with Gasteiger partial charge < -0.3 is 0 Å². The van der Waals surface area contributed by atoms with Gasteiger partial charge in [0.1, 0.15) is 5.82 Å². The number of fused-ring (bicyclic) bond motifs is 1. The van der Waals surface area contributed by atoms with Crippen LogP contribution < -0.4 is 5.32 Å². The van der Waals surface area contributed by atoms with Crippen molar-refractivity contribution in [2.75, 3.05) is 5.32 Å². The molecule has 0 saturated heterocycles. The molecule has 3 heteroatoms. The standard InChI is InChI=1S/C16H11N3/c1-2-17-16-13-10-6-7-11-14(13)18-15(19-16)12-8-4-3-5-9-12/h1,3-11H,(H,17,18,19). The first-order valence-corrected chi connectivity index (χ1v) is 5.92. The van der Waals surface area contributed by atoms with Crippen LogP contribution in [-0.2, 0) is 0 Å². The van der Waals surface area contributed by atoms with Gasteiger partial charge >= 0.3 is 0 Å². The Kier molecular flexibility index (Phi) is 2.83. The van der Waals surface area contributed by atoms with Crippen molar-refractivity contribution in [1.82, 2.24) is 9.97 Å². The number of anilines is 1. The molecule has 0 aliphatic heterocycles. The average molecular weight is 245 g/mol. The molecule has 1 N–H and O–H groups in total. The summed E-state index contributed by atoms with van der Waals surface area (Å²) in [4.78, 5) is 9.06. The number of nitrogens with one attached hydrogen (secondary N) is 1. The molecule has 0 atom stereocenters. The van der Waals surface area contributed by atoms with Gasteiger partial charge in [0.15, 0.2) is 5.82 Å². The molecule has 0 amide bonds. The summed E-state index contributed by atoms with van der Waals surface area (Å²) in [7, 11) is 0. The molecule has 0 aliphatic carbocycles. The van der Waals surface area contributed by atoms with Crippen LogP contribution in [-0.4, -0.2) is 9.97 Å². The smallest absolute Gasteiger partial charge is 0.162 e. The highest BCUT2D eigenvalue weighted by molar-refractivity contribution is 5.91. The number of nitrogens with zero attached hydrogens (tertiary/aromatic N) is 2. The molecule has 0 unspecified atom stereocenters. The lowest BCUT2D eigenvalue weighted by Gasteiger charge is -2.07. The predicted molar refractivity (Wildman–Crippen MR) is 77.4 cm³/mol. The van der Waals surface area contributed by atoms with Crippen molar-refractivity contribution in [2.24, 2.45) is 0 Å². The maximum Gasteiger partial charge on any atom is 0.162 e. The first kappa shape index (κ1) is 11.2. The quantitative estimate of drug-likeness (QED) is 0.556. The molecule has 19 heavy (non-hydrogen) atoms. The van der Waals surface area contributed by atoms with Crippen LogP contribution in [0.3, 0.4) is 0 Å². The summed E-state index contributed by atoms with van der Waals surface area (Å²) in [6.07, 6.45) is 5.32. The van der Waals surface area contributed by atoms with Crippen molar-refractivity contribution >= 4 is 16.7 Å². The number of para-hydroxylation sites is 1. The normalized spacial score (nSPS) is 10.1. The fraction of sp³-hybridized carbons (Fsp3) is 0. The van der Waals surface area contributed by atoms with E-state index >= 15 is 0 Å². The Morgan fingerprint density at radius 2 is 1.63 bits per heavy atom. The number of terminal acetylenes is 1. The molecule has 0 fully saturated rings. The van der Waals surface area contributed by atoms with Crippen LogP contribution in [0.1, 0.15) is 0 Å². The summed E-state index contributed by atoms with van der Waals surface area (Å²) >= 11 is 0. The topological polar surface area (TPSA) is 37.8 Å². The Balaban J connectivity index is 2.25. The molecule has 3 rings (SSSR count). The number of rotatable bonds is 2. The first-order chi connectivity index (χ1) is 9.38. The molecule has 0 aliphatic rings. The van der Waals surface area contributed by atoms with Crippen molar-refractivity contribution in [2.45, 2.75) is 0 Å². The monoisotopic (exact) mass is 245 g/mol. The van der Waals surface area contributed by atoms with Gasteiger partial charge in [-0.25, -0.2) is 9.97 Å². The number of hydrogen-bond donors (Lipinski definition) is 1. The zero-order valence-corrected chi connectivity index (χ0v) is 10.2. The zero-order valence-electron chi connectivity index (χ0n) is 10.2. The molecule has 3 aromatic rings. The van der Waals surface area contributed by atoms with E-state index in [-0.39, 0.29) is 0 Å². The van der Waals surface area contributed by atoms with Gasteiger partial charge in [-0.15, -0.1) is 0 Å². The Morgan fingerprint density at radius 1 is 0.895 bits per heavy atom. The van der Waals surface area contributed by atoms with E-state index in [1.54, 1.807) is 0 Å². The van der Waals surface area contributed by atoms with E-state index < -0.39 is 0 Å². The van der Waals surface area contributed by atoms with Crippen LogP contribution in [0.25, 0.3) is 22.3 Å². The van der Waals surface area contributed by atoms with E-state index in [4.69, 9.17) is 6.42 Å². The highest BCUT2D eigenvalue weighted by Crippen LogP contribution is 2.24.